The Morgan fingerprint density at radius 1 is 1.09 bits per heavy atom. The molecule has 0 aliphatic heterocycles. The maximum absolute atomic E-state index is 13.3. The van der Waals surface area contributed by atoms with E-state index in [1.807, 2.05) is 5.32 Å². The number of urea groups is 1. The van der Waals surface area contributed by atoms with Gasteiger partial charge in [-0.2, -0.15) is 0 Å². The van der Waals surface area contributed by atoms with Crippen LogP contribution in [0.25, 0.3) is 0 Å². The van der Waals surface area contributed by atoms with Gasteiger partial charge >= 0.3 is 6.03 Å². The Morgan fingerprint density at radius 2 is 1.77 bits per heavy atom. The molecule has 2 aromatic rings. The van der Waals surface area contributed by atoms with Crippen LogP contribution >= 0.6 is 15.9 Å². The number of carbonyl (C=O) groups excluding carboxylic acids is 2. The molecule has 0 saturated carbocycles. The predicted molar refractivity (Wildman–Crippen MR) is 83.2 cm³/mol. The molecule has 0 aromatic heterocycles. The lowest BCUT2D eigenvalue weighted by Crippen LogP contribution is -2.37. The maximum atomic E-state index is 13.3. The fourth-order valence-corrected chi connectivity index (χ4v) is 1.98. The van der Waals surface area contributed by atoms with Gasteiger partial charge in [-0.25, -0.2) is 9.18 Å². The molecule has 114 valence electrons. The largest absolute Gasteiger partial charge is 0.483 e. The number of nitrogens with one attached hydrogen (secondary N) is 2. The minimum atomic E-state index is -0.828. The number of benzene rings is 2. The second kappa shape index (κ2) is 7.56. The van der Waals surface area contributed by atoms with E-state index < -0.39 is 17.8 Å². The van der Waals surface area contributed by atoms with Crippen molar-refractivity contribution in [2.45, 2.75) is 0 Å². The summed E-state index contributed by atoms with van der Waals surface area (Å²) in [5.74, 6) is -0.758. The topological polar surface area (TPSA) is 67.4 Å². The molecule has 3 amide bonds. The zero-order valence-corrected chi connectivity index (χ0v) is 12.9. The highest BCUT2D eigenvalue weighted by Crippen LogP contribution is 2.23. The van der Waals surface area contributed by atoms with E-state index in [2.05, 4.69) is 21.2 Å². The summed E-state index contributed by atoms with van der Waals surface area (Å²) in [6.45, 7) is -0.340. The van der Waals surface area contributed by atoms with Gasteiger partial charge in [0.05, 0.1) is 10.2 Å². The summed E-state index contributed by atoms with van der Waals surface area (Å²) in [7, 11) is 0. The fraction of sp³-hybridized carbons (Fsp3) is 0.0667. The molecule has 0 unspecified atom stereocenters. The number of para-hydroxylation sites is 2. The van der Waals surface area contributed by atoms with E-state index in [0.717, 1.165) is 0 Å². The lowest BCUT2D eigenvalue weighted by atomic mass is 10.3. The average Bonchev–Trinajstić information content (AvgIpc) is 2.49. The van der Waals surface area contributed by atoms with Gasteiger partial charge in [0.2, 0.25) is 0 Å². The zero-order valence-electron chi connectivity index (χ0n) is 11.3. The number of amides is 3. The molecule has 5 nitrogen and oxygen atoms in total. The molecule has 2 rings (SSSR count). The molecule has 2 N–H and O–H groups in total. The van der Waals surface area contributed by atoms with Crippen LogP contribution < -0.4 is 15.4 Å². The van der Waals surface area contributed by atoms with Crippen LogP contribution in [-0.2, 0) is 4.79 Å². The Labute approximate surface area is 134 Å². The zero-order chi connectivity index (χ0) is 15.9. The molecule has 0 radical (unpaired) electrons. The minimum absolute atomic E-state index is 0.0143. The molecular weight excluding hydrogens is 355 g/mol. The Morgan fingerprint density at radius 3 is 2.50 bits per heavy atom. The van der Waals surface area contributed by atoms with E-state index in [1.165, 1.54) is 18.2 Å². The Balaban J connectivity index is 1.83. The van der Waals surface area contributed by atoms with Gasteiger partial charge in [-0.15, -0.1) is 0 Å². The molecule has 0 saturated heterocycles. The van der Waals surface area contributed by atoms with Crippen molar-refractivity contribution in [2.75, 3.05) is 11.9 Å². The quantitative estimate of drug-likeness (QED) is 0.871. The molecule has 0 fully saturated rings. The van der Waals surface area contributed by atoms with Crippen molar-refractivity contribution >= 4 is 33.6 Å². The number of halogens is 2. The first-order chi connectivity index (χ1) is 10.6. The summed E-state index contributed by atoms with van der Waals surface area (Å²) in [5.41, 5.74) is -0.0143. The second-order valence-electron chi connectivity index (χ2n) is 4.20. The summed E-state index contributed by atoms with van der Waals surface area (Å²) >= 11 is 3.27. The average molecular weight is 367 g/mol. The number of anilines is 1. The number of rotatable bonds is 4. The Hall–Kier alpha value is -2.41. The molecule has 0 aliphatic carbocycles. The van der Waals surface area contributed by atoms with Gasteiger partial charge in [-0.1, -0.05) is 24.3 Å². The van der Waals surface area contributed by atoms with E-state index in [0.29, 0.717) is 10.2 Å². The molecular formula is C15H12BrFN2O3. The Bertz CT molecular complexity index is 694. The third kappa shape index (κ3) is 4.56. The van der Waals surface area contributed by atoms with Crippen molar-refractivity contribution in [1.29, 1.82) is 0 Å². The van der Waals surface area contributed by atoms with Crippen LogP contribution in [-0.4, -0.2) is 18.5 Å². The van der Waals surface area contributed by atoms with E-state index in [4.69, 9.17) is 4.74 Å². The van der Waals surface area contributed by atoms with E-state index in [1.54, 1.807) is 30.3 Å². The van der Waals surface area contributed by atoms with Gasteiger partial charge in [0.15, 0.2) is 6.61 Å². The molecule has 2 aromatic carbocycles. The lowest BCUT2D eigenvalue weighted by Gasteiger charge is -2.09. The summed E-state index contributed by atoms with van der Waals surface area (Å²) in [6.07, 6.45) is 0. The van der Waals surface area contributed by atoms with Crippen molar-refractivity contribution in [3.8, 4) is 5.75 Å². The van der Waals surface area contributed by atoms with Crippen molar-refractivity contribution in [2.24, 2.45) is 0 Å². The highest BCUT2D eigenvalue weighted by molar-refractivity contribution is 9.10. The number of hydrogen-bond donors (Lipinski definition) is 2. The van der Waals surface area contributed by atoms with E-state index in [9.17, 15) is 14.0 Å². The second-order valence-corrected chi connectivity index (χ2v) is 5.06. The molecule has 0 bridgehead atoms. The molecule has 0 spiro atoms. The maximum Gasteiger partial charge on any atom is 0.326 e. The van der Waals surface area contributed by atoms with Gasteiger partial charge < -0.3 is 10.1 Å². The van der Waals surface area contributed by atoms with Crippen molar-refractivity contribution in [3.63, 3.8) is 0 Å². The fourth-order valence-electron chi connectivity index (χ4n) is 1.58. The van der Waals surface area contributed by atoms with Crippen LogP contribution in [0.15, 0.2) is 53.0 Å². The molecule has 0 atom stereocenters. The number of hydrogen-bond acceptors (Lipinski definition) is 3. The minimum Gasteiger partial charge on any atom is -0.483 e. The first-order valence-electron chi connectivity index (χ1n) is 6.29. The molecule has 0 aliphatic rings. The van der Waals surface area contributed by atoms with Gasteiger partial charge in [0, 0.05) is 0 Å². The standard InChI is InChI=1S/C15H12BrFN2O3/c16-10-5-1-4-8-13(10)22-9-14(20)19-15(21)18-12-7-3-2-6-11(12)17/h1-8H,9H2,(H2,18,19,20,21). The summed E-state index contributed by atoms with van der Waals surface area (Å²) in [5, 5.41) is 4.29. The van der Waals surface area contributed by atoms with Crippen LogP contribution in [0.1, 0.15) is 0 Å². The van der Waals surface area contributed by atoms with Crippen molar-refractivity contribution in [1.82, 2.24) is 5.32 Å². The van der Waals surface area contributed by atoms with Crippen LogP contribution in [0.5, 0.6) is 5.75 Å². The van der Waals surface area contributed by atoms with Crippen molar-refractivity contribution < 1.29 is 18.7 Å². The van der Waals surface area contributed by atoms with Crippen LogP contribution in [0.4, 0.5) is 14.9 Å². The van der Waals surface area contributed by atoms with Crippen LogP contribution in [0, 0.1) is 5.82 Å². The van der Waals surface area contributed by atoms with Gasteiger partial charge in [-0.05, 0) is 40.2 Å². The summed E-state index contributed by atoms with van der Waals surface area (Å²) < 4.78 is 19.3. The number of imide groups is 1. The van der Waals surface area contributed by atoms with Gasteiger partial charge in [0.25, 0.3) is 5.91 Å². The van der Waals surface area contributed by atoms with Crippen LogP contribution in [0.3, 0.4) is 0 Å². The van der Waals surface area contributed by atoms with Crippen molar-refractivity contribution in [3.05, 3.63) is 58.8 Å². The van der Waals surface area contributed by atoms with Crippen LogP contribution in [0.2, 0.25) is 0 Å². The Kier molecular flexibility index (Phi) is 5.48. The SMILES string of the molecule is O=C(COc1ccccc1Br)NC(=O)Nc1ccccc1F. The highest BCUT2D eigenvalue weighted by Gasteiger charge is 2.11. The van der Waals surface area contributed by atoms with E-state index in [-0.39, 0.29) is 12.3 Å². The lowest BCUT2D eigenvalue weighted by molar-refractivity contribution is -0.121. The summed E-state index contributed by atoms with van der Waals surface area (Å²) in [4.78, 5) is 23.2. The summed E-state index contributed by atoms with van der Waals surface area (Å²) in [6, 6.07) is 11.8. The molecule has 0 heterocycles. The number of carbonyl (C=O) groups is 2. The van der Waals surface area contributed by atoms with E-state index >= 15 is 0 Å². The van der Waals surface area contributed by atoms with Gasteiger partial charge in [0.1, 0.15) is 11.6 Å². The third-order valence-corrected chi connectivity index (χ3v) is 3.23. The molecule has 7 heteroatoms. The first kappa shape index (κ1) is 16.0. The molecule has 22 heavy (non-hydrogen) atoms. The normalized spacial score (nSPS) is 9.91. The first-order valence-corrected chi connectivity index (χ1v) is 7.08. The van der Waals surface area contributed by atoms with Gasteiger partial charge in [-0.3, -0.25) is 10.1 Å². The predicted octanol–water partition coefficient (Wildman–Crippen LogP) is 3.32. The monoisotopic (exact) mass is 366 g/mol. The third-order valence-electron chi connectivity index (χ3n) is 2.57. The highest BCUT2D eigenvalue weighted by atomic mass is 79.9. The number of ether oxygens (including phenoxy) is 1. The smallest absolute Gasteiger partial charge is 0.326 e.